The summed E-state index contributed by atoms with van der Waals surface area (Å²) in [4.78, 5) is 1.44. The molecule has 3 nitrogen and oxygen atoms in total. The smallest absolute Gasteiger partial charge is 0.225 e. The van der Waals surface area contributed by atoms with Gasteiger partial charge in [-0.15, -0.1) is 11.3 Å². The second kappa shape index (κ2) is 5.94. The van der Waals surface area contributed by atoms with Crippen molar-refractivity contribution < 1.29 is 8.42 Å². The van der Waals surface area contributed by atoms with E-state index in [0.717, 1.165) is 5.56 Å². The molecule has 2 aliphatic carbocycles. The average Bonchev–Trinajstić information content (AvgIpc) is 3.28. The maximum atomic E-state index is 11.5. The van der Waals surface area contributed by atoms with Gasteiger partial charge in [-0.25, -0.2) is 13.6 Å². The van der Waals surface area contributed by atoms with Gasteiger partial charge < -0.3 is 0 Å². The van der Waals surface area contributed by atoms with Crippen molar-refractivity contribution in [2.75, 3.05) is 0 Å². The number of nitrogens with two attached hydrogens (primary N) is 1. The predicted molar refractivity (Wildman–Crippen MR) is 104 cm³/mol. The Morgan fingerprint density at radius 1 is 1.04 bits per heavy atom. The van der Waals surface area contributed by atoms with Crippen LogP contribution < -0.4 is 5.14 Å². The molecule has 1 aromatic heterocycles. The molecule has 5 heteroatoms. The Balaban J connectivity index is 1.79. The Hall–Kier alpha value is -1.69. The molecular formula is C20H21NO2S2. The molecule has 0 amide bonds. The Morgan fingerprint density at radius 2 is 1.68 bits per heavy atom. The van der Waals surface area contributed by atoms with Gasteiger partial charge in [0.25, 0.3) is 0 Å². The predicted octanol–water partition coefficient (Wildman–Crippen LogP) is 4.74. The minimum absolute atomic E-state index is 0.155. The van der Waals surface area contributed by atoms with Crippen molar-refractivity contribution in [3.63, 3.8) is 0 Å². The van der Waals surface area contributed by atoms with Crippen molar-refractivity contribution in [2.45, 2.75) is 37.5 Å². The first-order valence-corrected chi connectivity index (χ1v) is 10.9. The number of thiophene rings is 1. The molecule has 25 heavy (non-hydrogen) atoms. The van der Waals surface area contributed by atoms with Crippen LogP contribution in [0.3, 0.4) is 0 Å². The molecule has 2 aliphatic rings. The number of benzene rings is 1. The van der Waals surface area contributed by atoms with Crippen LogP contribution in [0.1, 0.15) is 41.7 Å². The highest BCUT2D eigenvalue weighted by atomic mass is 32.2. The van der Waals surface area contributed by atoms with Gasteiger partial charge >= 0.3 is 0 Å². The first-order valence-electron chi connectivity index (χ1n) is 8.51. The molecule has 1 heterocycles. The van der Waals surface area contributed by atoms with E-state index in [1.165, 1.54) is 47.3 Å². The van der Waals surface area contributed by atoms with Crippen LogP contribution in [0.15, 0.2) is 52.8 Å². The fraction of sp³-hybridized carbons (Fsp3) is 0.300. The lowest BCUT2D eigenvalue weighted by Gasteiger charge is -2.16. The van der Waals surface area contributed by atoms with Crippen LogP contribution in [-0.2, 0) is 10.0 Å². The molecule has 0 aliphatic heterocycles. The van der Waals surface area contributed by atoms with Gasteiger partial charge in [-0.2, -0.15) is 0 Å². The SMILES string of the molecule is Cc1csc(C2=CC3(C=C2c2ccc(S(N)(=O)=O)cc2)CCCC3)c1. The second-order valence-electron chi connectivity index (χ2n) is 7.11. The van der Waals surface area contributed by atoms with Crippen molar-refractivity contribution in [1.29, 1.82) is 0 Å². The average molecular weight is 372 g/mol. The zero-order valence-electron chi connectivity index (χ0n) is 14.2. The van der Waals surface area contributed by atoms with E-state index >= 15 is 0 Å². The fourth-order valence-electron chi connectivity index (χ4n) is 3.93. The van der Waals surface area contributed by atoms with E-state index in [-0.39, 0.29) is 10.3 Å². The Morgan fingerprint density at radius 3 is 2.24 bits per heavy atom. The van der Waals surface area contributed by atoms with Crippen molar-refractivity contribution in [3.8, 4) is 0 Å². The molecule has 4 rings (SSSR count). The van der Waals surface area contributed by atoms with E-state index in [0.29, 0.717) is 0 Å². The molecule has 0 unspecified atom stereocenters. The molecule has 130 valence electrons. The van der Waals surface area contributed by atoms with Crippen LogP contribution in [0.2, 0.25) is 0 Å². The first kappa shape index (κ1) is 16.8. The molecule has 2 aromatic rings. The maximum Gasteiger partial charge on any atom is 0.238 e. The molecule has 0 radical (unpaired) electrons. The van der Waals surface area contributed by atoms with Crippen LogP contribution >= 0.6 is 11.3 Å². The summed E-state index contributed by atoms with van der Waals surface area (Å²) in [6, 6.07) is 9.17. The third-order valence-corrected chi connectivity index (χ3v) is 7.19. The lowest BCUT2D eigenvalue weighted by molar-refractivity contribution is 0.523. The monoisotopic (exact) mass is 371 g/mol. The number of sulfonamides is 1. The summed E-state index contributed by atoms with van der Waals surface area (Å²) in [5, 5.41) is 7.40. The molecule has 0 saturated heterocycles. The van der Waals surface area contributed by atoms with E-state index in [2.05, 4.69) is 30.5 Å². The van der Waals surface area contributed by atoms with Gasteiger partial charge in [0, 0.05) is 10.3 Å². The maximum absolute atomic E-state index is 11.5. The molecule has 2 N–H and O–H groups in total. The number of primary sulfonamides is 1. The van der Waals surface area contributed by atoms with Crippen molar-refractivity contribution in [3.05, 3.63) is 63.9 Å². The fourth-order valence-corrected chi connectivity index (χ4v) is 5.38. The number of hydrogen-bond donors (Lipinski definition) is 1. The molecular weight excluding hydrogens is 350 g/mol. The summed E-state index contributed by atoms with van der Waals surface area (Å²) in [7, 11) is -3.66. The van der Waals surface area contributed by atoms with Crippen LogP contribution in [0.25, 0.3) is 11.1 Å². The number of hydrogen-bond acceptors (Lipinski definition) is 3. The summed E-state index contributed by atoms with van der Waals surface area (Å²) >= 11 is 1.77. The van der Waals surface area contributed by atoms with Gasteiger partial charge in [0.05, 0.1) is 4.90 Å². The van der Waals surface area contributed by atoms with Crippen molar-refractivity contribution >= 4 is 32.5 Å². The van der Waals surface area contributed by atoms with Crippen LogP contribution in [0.5, 0.6) is 0 Å². The van der Waals surface area contributed by atoms with Gasteiger partial charge in [0.1, 0.15) is 0 Å². The van der Waals surface area contributed by atoms with E-state index in [1.54, 1.807) is 23.5 Å². The lowest BCUT2D eigenvalue weighted by atomic mass is 9.88. The summed E-state index contributed by atoms with van der Waals surface area (Å²) in [5.74, 6) is 0. The molecule has 1 saturated carbocycles. The molecule has 1 aromatic carbocycles. The number of allylic oxidation sites excluding steroid dienone is 4. The van der Waals surface area contributed by atoms with Crippen LogP contribution in [0, 0.1) is 12.3 Å². The zero-order chi connectivity index (χ0) is 17.7. The number of rotatable bonds is 3. The quantitative estimate of drug-likeness (QED) is 0.847. The summed E-state index contributed by atoms with van der Waals surface area (Å²) in [6.07, 6.45) is 9.76. The topological polar surface area (TPSA) is 60.2 Å². The largest absolute Gasteiger partial charge is 0.238 e. The highest BCUT2D eigenvalue weighted by Crippen LogP contribution is 2.52. The molecule has 1 spiro atoms. The van der Waals surface area contributed by atoms with E-state index < -0.39 is 10.0 Å². The third kappa shape index (κ3) is 3.12. The minimum Gasteiger partial charge on any atom is -0.225 e. The first-order chi connectivity index (χ1) is 11.9. The van der Waals surface area contributed by atoms with Gasteiger partial charge in [-0.05, 0) is 65.6 Å². The van der Waals surface area contributed by atoms with Crippen molar-refractivity contribution in [1.82, 2.24) is 0 Å². The van der Waals surface area contributed by atoms with Gasteiger partial charge in [-0.3, -0.25) is 0 Å². The normalized spacial score (nSPS) is 19.3. The standard InChI is InChI=1S/C20H21NO2S2/c1-14-10-19(24-13-14)18-12-20(8-2-3-9-20)11-17(18)15-4-6-16(7-5-15)25(21,22)23/h4-7,10-13H,2-3,8-9H2,1H3,(H2,21,22,23). The molecule has 0 bridgehead atoms. The molecule has 0 atom stereocenters. The second-order valence-corrected chi connectivity index (χ2v) is 9.59. The van der Waals surface area contributed by atoms with Crippen LogP contribution in [-0.4, -0.2) is 8.42 Å². The van der Waals surface area contributed by atoms with Crippen LogP contribution in [0.4, 0.5) is 0 Å². The van der Waals surface area contributed by atoms with E-state index in [9.17, 15) is 8.42 Å². The highest BCUT2D eigenvalue weighted by molar-refractivity contribution is 7.89. The summed E-state index contributed by atoms with van der Waals surface area (Å²) in [6.45, 7) is 2.12. The van der Waals surface area contributed by atoms with Gasteiger partial charge in [-0.1, -0.05) is 37.1 Å². The van der Waals surface area contributed by atoms with Gasteiger partial charge in [0.2, 0.25) is 10.0 Å². The summed E-state index contributed by atoms with van der Waals surface area (Å²) in [5.41, 5.74) is 4.99. The van der Waals surface area contributed by atoms with Crippen molar-refractivity contribution in [2.24, 2.45) is 10.6 Å². The molecule has 1 fully saturated rings. The minimum atomic E-state index is -3.66. The Bertz CT molecular complexity index is 973. The van der Waals surface area contributed by atoms with E-state index in [4.69, 9.17) is 5.14 Å². The Kier molecular flexibility index (Phi) is 3.98. The zero-order valence-corrected chi connectivity index (χ0v) is 15.8. The number of aryl methyl sites for hydroxylation is 1. The summed E-state index contributed by atoms with van der Waals surface area (Å²) < 4.78 is 23.0. The Labute approximate surface area is 152 Å². The third-order valence-electron chi connectivity index (χ3n) is 5.18. The highest BCUT2D eigenvalue weighted by Gasteiger charge is 2.36. The van der Waals surface area contributed by atoms with Gasteiger partial charge in [0.15, 0.2) is 0 Å². The van der Waals surface area contributed by atoms with E-state index in [1.807, 2.05) is 12.1 Å². The lowest BCUT2D eigenvalue weighted by Crippen LogP contribution is -2.11.